The predicted molar refractivity (Wildman–Crippen MR) is 159 cm³/mol. The molecule has 0 aliphatic carbocycles. The number of thioether (sulfide) groups is 1. The van der Waals surface area contributed by atoms with Crippen molar-refractivity contribution in [2.45, 2.75) is 23.1 Å². The molecular formula is C28H19ClN6O5S2. The van der Waals surface area contributed by atoms with Crippen LogP contribution < -0.4 is 4.90 Å². The van der Waals surface area contributed by atoms with Crippen molar-refractivity contribution < 1.29 is 19.6 Å². The molecule has 1 N–H and O–H groups in total. The summed E-state index contributed by atoms with van der Waals surface area (Å²) >= 11 is 8.46. The highest BCUT2D eigenvalue weighted by atomic mass is 35.5. The number of Topliss-reactive ketones (excluding diaryl/α,β-unsaturated/α-hetero) is 1. The standard InChI is InChI=1S/C28H19ClN6O5S2/c1-15-22(33-12-3-2-7-20(33)30-15)24(36)21-23(17-5-4-6-19(13-17)35(39)40)34(26(38)25(21)37)27-31-32-28(42-27)41-14-16-8-10-18(29)11-9-16/h2-13,23,36H,14H2,1H3/b24-21+. The van der Waals surface area contributed by atoms with Crippen molar-refractivity contribution in [3.05, 3.63) is 116 Å². The summed E-state index contributed by atoms with van der Waals surface area (Å²) in [5.41, 5.74) is 1.98. The van der Waals surface area contributed by atoms with Crippen molar-refractivity contribution in [1.82, 2.24) is 19.6 Å². The molecule has 3 aromatic heterocycles. The van der Waals surface area contributed by atoms with Crippen LogP contribution in [-0.2, 0) is 15.3 Å². The molecule has 210 valence electrons. The molecule has 2 aromatic carbocycles. The van der Waals surface area contributed by atoms with Crippen LogP contribution in [0.15, 0.2) is 82.8 Å². The van der Waals surface area contributed by atoms with E-state index < -0.39 is 28.4 Å². The Morgan fingerprint density at radius 2 is 1.90 bits per heavy atom. The Balaban J connectivity index is 1.46. The number of non-ortho nitro benzene ring substituents is 1. The quantitative estimate of drug-likeness (QED) is 0.0443. The lowest BCUT2D eigenvalue weighted by Gasteiger charge is -2.22. The number of carbonyl (C=O) groups excluding carboxylic acids is 2. The van der Waals surface area contributed by atoms with Crippen molar-refractivity contribution in [3.63, 3.8) is 0 Å². The number of imidazole rings is 1. The summed E-state index contributed by atoms with van der Waals surface area (Å²) in [7, 11) is 0. The van der Waals surface area contributed by atoms with Gasteiger partial charge in [0.2, 0.25) is 5.13 Å². The van der Waals surface area contributed by atoms with E-state index in [0.717, 1.165) is 21.8 Å². The second-order valence-electron chi connectivity index (χ2n) is 9.26. The lowest BCUT2D eigenvalue weighted by atomic mass is 9.96. The van der Waals surface area contributed by atoms with Crippen LogP contribution in [0.25, 0.3) is 11.4 Å². The molecule has 11 nitrogen and oxygen atoms in total. The van der Waals surface area contributed by atoms with E-state index in [-0.39, 0.29) is 27.6 Å². The SMILES string of the molecule is Cc1nc2ccccn2c1/C(O)=C1\C(=O)C(=O)N(c2nnc(SCc3ccc(Cl)cc3)s2)C1c1cccc([N+](=O)[O-])c1. The molecule has 1 fully saturated rings. The van der Waals surface area contributed by atoms with Crippen LogP contribution in [0, 0.1) is 17.0 Å². The molecule has 0 saturated carbocycles. The molecule has 1 unspecified atom stereocenters. The van der Waals surface area contributed by atoms with E-state index in [2.05, 4.69) is 15.2 Å². The molecule has 1 atom stereocenters. The summed E-state index contributed by atoms with van der Waals surface area (Å²) in [6.45, 7) is 1.68. The van der Waals surface area contributed by atoms with Crippen molar-refractivity contribution in [1.29, 1.82) is 0 Å². The third kappa shape index (κ3) is 4.91. The summed E-state index contributed by atoms with van der Waals surface area (Å²) in [6, 6.07) is 17.0. The Labute approximate surface area is 251 Å². The number of pyridine rings is 1. The average molecular weight is 619 g/mol. The van der Waals surface area contributed by atoms with E-state index >= 15 is 0 Å². The second kappa shape index (κ2) is 11.0. The molecule has 1 amide bonds. The summed E-state index contributed by atoms with van der Waals surface area (Å²) in [4.78, 5) is 43.8. The number of aryl methyl sites for hydroxylation is 1. The number of halogens is 1. The lowest BCUT2D eigenvalue weighted by Crippen LogP contribution is -2.29. The fourth-order valence-corrected chi connectivity index (χ4v) is 6.71. The molecule has 14 heteroatoms. The predicted octanol–water partition coefficient (Wildman–Crippen LogP) is 5.97. The van der Waals surface area contributed by atoms with Gasteiger partial charge in [0.1, 0.15) is 11.3 Å². The van der Waals surface area contributed by atoms with Crippen molar-refractivity contribution in [2.24, 2.45) is 0 Å². The van der Waals surface area contributed by atoms with Gasteiger partial charge >= 0.3 is 5.91 Å². The average Bonchev–Trinajstić information content (AvgIpc) is 3.66. The van der Waals surface area contributed by atoms with E-state index in [0.29, 0.717) is 26.5 Å². The second-order valence-corrected chi connectivity index (χ2v) is 11.9. The molecule has 0 radical (unpaired) electrons. The van der Waals surface area contributed by atoms with E-state index in [1.807, 2.05) is 12.1 Å². The molecule has 42 heavy (non-hydrogen) atoms. The highest BCUT2D eigenvalue weighted by Gasteiger charge is 2.49. The number of hydrogen-bond donors (Lipinski definition) is 1. The van der Waals surface area contributed by atoms with Crippen molar-refractivity contribution in [2.75, 3.05) is 4.90 Å². The Kier molecular flexibility index (Phi) is 7.22. The van der Waals surface area contributed by atoms with Gasteiger partial charge in [-0.1, -0.05) is 65.0 Å². The third-order valence-corrected chi connectivity index (χ3v) is 9.03. The van der Waals surface area contributed by atoms with Crippen LogP contribution in [0.4, 0.5) is 10.8 Å². The van der Waals surface area contributed by atoms with E-state index in [1.54, 1.807) is 53.9 Å². The van der Waals surface area contributed by atoms with E-state index in [9.17, 15) is 24.8 Å². The van der Waals surface area contributed by atoms with Gasteiger partial charge in [-0.25, -0.2) is 4.98 Å². The van der Waals surface area contributed by atoms with Crippen LogP contribution in [0.3, 0.4) is 0 Å². The number of amides is 1. The normalized spacial score (nSPS) is 16.4. The van der Waals surface area contributed by atoms with Gasteiger partial charge in [0.25, 0.3) is 11.5 Å². The Hall–Kier alpha value is -4.59. The maximum atomic E-state index is 13.6. The summed E-state index contributed by atoms with van der Waals surface area (Å²) in [5, 5.41) is 32.4. The van der Waals surface area contributed by atoms with Crippen molar-refractivity contribution in [3.8, 4) is 0 Å². The van der Waals surface area contributed by atoms with Gasteiger partial charge < -0.3 is 5.11 Å². The summed E-state index contributed by atoms with van der Waals surface area (Å²) in [6.07, 6.45) is 1.68. The highest BCUT2D eigenvalue weighted by Crippen LogP contribution is 2.45. The highest BCUT2D eigenvalue weighted by molar-refractivity contribution is 8.00. The first kappa shape index (κ1) is 27.6. The molecular weight excluding hydrogens is 600 g/mol. The number of fused-ring (bicyclic) bond motifs is 1. The first-order valence-electron chi connectivity index (χ1n) is 12.4. The lowest BCUT2D eigenvalue weighted by molar-refractivity contribution is -0.384. The molecule has 1 saturated heterocycles. The fraction of sp³-hybridized carbons (Fsp3) is 0.107. The third-order valence-electron chi connectivity index (χ3n) is 6.65. The number of nitrogens with zero attached hydrogens (tertiary/aromatic N) is 6. The maximum Gasteiger partial charge on any atom is 0.301 e. The minimum atomic E-state index is -1.21. The number of nitro groups is 1. The number of anilines is 1. The van der Waals surface area contributed by atoms with Crippen LogP contribution >= 0.6 is 34.7 Å². The Morgan fingerprint density at radius 3 is 2.67 bits per heavy atom. The number of carbonyl (C=O) groups is 2. The Morgan fingerprint density at radius 1 is 1.12 bits per heavy atom. The minimum absolute atomic E-state index is 0.112. The molecule has 0 bridgehead atoms. The van der Waals surface area contributed by atoms with Gasteiger partial charge in [0.05, 0.1) is 22.2 Å². The molecule has 1 aliphatic rings. The largest absolute Gasteiger partial charge is 0.505 e. The fourth-order valence-electron chi connectivity index (χ4n) is 4.76. The zero-order chi connectivity index (χ0) is 29.5. The number of aromatic nitrogens is 4. The molecule has 5 aromatic rings. The summed E-state index contributed by atoms with van der Waals surface area (Å²) in [5.74, 6) is -1.79. The minimum Gasteiger partial charge on any atom is -0.505 e. The van der Waals surface area contributed by atoms with Crippen LogP contribution in [0.2, 0.25) is 5.02 Å². The molecule has 1 aliphatic heterocycles. The van der Waals surface area contributed by atoms with Crippen LogP contribution in [0.5, 0.6) is 0 Å². The van der Waals surface area contributed by atoms with Gasteiger partial charge in [-0.3, -0.25) is 29.0 Å². The summed E-state index contributed by atoms with van der Waals surface area (Å²) < 4.78 is 2.15. The first-order valence-corrected chi connectivity index (χ1v) is 14.6. The topological polar surface area (TPSA) is 144 Å². The number of benzene rings is 2. The monoisotopic (exact) mass is 618 g/mol. The first-order chi connectivity index (χ1) is 20.2. The maximum absolute atomic E-state index is 13.6. The zero-order valence-corrected chi connectivity index (χ0v) is 24.1. The van der Waals surface area contributed by atoms with Gasteiger partial charge in [-0.2, -0.15) is 0 Å². The number of aliphatic hydroxyl groups excluding tert-OH is 1. The van der Waals surface area contributed by atoms with E-state index in [4.69, 9.17) is 11.6 Å². The zero-order valence-electron chi connectivity index (χ0n) is 21.7. The number of hydrogen-bond acceptors (Lipinski definition) is 10. The smallest absolute Gasteiger partial charge is 0.301 e. The van der Waals surface area contributed by atoms with Crippen LogP contribution in [-0.4, -0.2) is 41.3 Å². The number of nitro benzene ring substituents is 1. The van der Waals surface area contributed by atoms with Crippen molar-refractivity contribution >= 4 is 68.6 Å². The number of ketones is 1. The molecule has 6 rings (SSSR count). The number of aliphatic hydroxyl groups is 1. The number of rotatable bonds is 7. The van der Waals surface area contributed by atoms with Gasteiger partial charge in [0.15, 0.2) is 10.1 Å². The van der Waals surface area contributed by atoms with Crippen LogP contribution in [0.1, 0.15) is 28.6 Å². The van der Waals surface area contributed by atoms with Gasteiger partial charge in [-0.05, 0) is 42.3 Å². The molecule has 4 heterocycles. The van der Waals surface area contributed by atoms with Gasteiger partial charge in [0, 0.05) is 29.1 Å². The van der Waals surface area contributed by atoms with E-state index in [1.165, 1.54) is 30.0 Å². The molecule has 0 spiro atoms. The van der Waals surface area contributed by atoms with Gasteiger partial charge in [-0.15, -0.1) is 10.2 Å². The Bertz CT molecular complexity index is 1920.